The first-order chi connectivity index (χ1) is 11.3. The summed E-state index contributed by atoms with van der Waals surface area (Å²) in [6.45, 7) is 2.22. The number of amides is 1. The largest absolute Gasteiger partial charge is 0.350 e. The molecule has 0 radical (unpaired) electrons. The lowest BCUT2D eigenvalue weighted by atomic mass is 10.1. The van der Waals surface area contributed by atoms with E-state index in [9.17, 15) is 4.79 Å². The van der Waals surface area contributed by atoms with E-state index in [1.165, 1.54) is 0 Å². The van der Waals surface area contributed by atoms with Crippen molar-refractivity contribution < 1.29 is 4.79 Å². The summed E-state index contributed by atoms with van der Waals surface area (Å²) in [5.41, 5.74) is 2.70. The molecule has 1 unspecified atom stereocenters. The molecule has 0 spiro atoms. The van der Waals surface area contributed by atoms with Crippen LogP contribution < -0.4 is 5.32 Å². The van der Waals surface area contributed by atoms with Gasteiger partial charge in [-0.2, -0.15) is 5.10 Å². The molecular weight excluding hydrogens is 290 g/mol. The van der Waals surface area contributed by atoms with Crippen LogP contribution in [0.5, 0.6) is 0 Å². The van der Waals surface area contributed by atoms with Crippen LogP contribution in [-0.4, -0.2) is 25.7 Å². The van der Waals surface area contributed by atoms with Gasteiger partial charge in [0.15, 0.2) is 0 Å². The van der Waals surface area contributed by atoms with Crippen molar-refractivity contribution in [3.63, 3.8) is 0 Å². The first kappa shape index (κ1) is 14.9. The van der Waals surface area contributed by atoms with Crippen LogP contribution >= 0.6 is 0 Å². The number of carbonyl (C=O) groups excluding carboxylic acids is 1. The normalized spacial score (nSPS) is 11.9. The first-order valence-corrected chi connectivity index (χ1v) is 7.37. The maximum absolute atomic E-state index is 12.3. The Morgan fingerprint density at radius 3 is 2.83 bits per heavy atom. The smallest absolute Gasteiger partial charge is 0.244 e. The molecule has 0 aliphatic rings. The summed E-state index contributed by atoms with van der Waals surface area (Å²) in [6, 6.07) is 9.07. The van der Waals surface area contributed by atoms with E-state index in [0.717, 1.165) is 16.8 Å². The Balaban J connectivity index is 1.73. The Morgan fingerprint density at radius 2 is 2.09 bits per heavy atom. The second-order valence-electron chi connectivity index (χ2n) is 5.13. The lowest BCUT2D eigenvalue weighted by Gasteiger charge is -2.14. The third kappa shape index (κ3) is 3.42. The Hall–Kier alpha value is -3.02. The maximum Gasteiger partial charge on any atom is 0.244 e. The number of pyridine rings is 2. The van der Waals surface area contributed by atoms with E-state index < -0.39 is 0 Å². The predicted octanol–water partition coefficient (Wildman–Crippen LogP) is 2.22. The van der Waals surface area contributed by atoms with Crippen LogP contribution in [-0.2, 0) is 11.3 Å². The lowest BCUT2D eigenvalue weighted by molar-refractivity contribution is -0.124. The molecular formula is C17H17N5O. The summed E-state index contributed by atoms with van der Waals surface area (Å²) in [6.07, 6.45) is 8.65. The standard InChI is InChI=1S/C17H17N5O/c1-13(22-10-4-9-21-22)17(23)20-12-15-6-3-8-19-16(15)14-5-2-7-18-11-14/h2-11,13H,12H2,1H3,(H,20,23). The van der Waals surface area contributed by atoms with Gasteiger partial charge in [0.25, 0.3) is 0 Å². The van der Waals surface area contributed by atoms with Crippen LogP contribution in [0.1, 0.15) is 18.5 Å². The Bertz CT molecular complexity index is 771. The minimum atomic E-state index is -0.358. The monoisotopic (exact) mass is 307 g/mol. The molecule has 3 rings (SSSR count). The summed E-state index contributed by atoms with van der Waals surface area (Å²) in [5.74, 6) is -0.0883. The van der Waals surface area contributed by atoms with Crippen LogP contribution in [0.4, 0.5) is 0 Å². The van der Waals surface area contributed by atoms with Crippen molar-refractivity contribution >= 4 is 5.91 Å². The molecule has 0 bridgehead atoms. The summed E-state index contributed by atoms with van der Waals surface area (Å²) in [4.78, 5) is 20.8. The fraction of sp³-hybridized carbons (Fsp3) is 0.176. The lowest BCUT2D eigenvalue weighted by Crippen LogP contribution is -2.31. The van der Waals surface area contributed by atoms with Crippen molar-refractivity contribution in [1.82, 2.24) is 25.1 Å². The summed E-state index contributed by atoms with van der Waals surface area (Å²) >= 11 is 0. The minimum Gasteiger partial charge on any atom is -0.350 e. The van der Waals surface area contributed by atoms with Gasteiger partial charge in [0.2, 0.25) is 5.91 Å². The number of hydrogen-bond acceptors (Lipinski definition) is 4. The van der Waals surface area contributed by atoms with Gasteiger partial charge in [-0.3, -0.25) is 19.4 Å². The van der Waals surface area contributed by atoms with Crippen molar-refractivity contribution in [3.05, 3.63) is 66.9 Å². The number of nitrogens with zero attached hydrogens (tertiary/aromatic N) is 4. The molecule has 3 heterocycles. The molecule has 0 aliphatic carbocycles. The van der Waals surface area contributed by atoms with E-state index >= 15 is 0 Å². The van der Waals surface area contributed by atoms with Crippen LogP contribution in [0.2, 0.25) is 0 Å². The third-order valence-corrected chi connectivity index (χ3v) is 3.58. The van der Waals surface area contributed by atoms with Gasteiger partial charge in [-0.25, -0.2) is 0 Å². The van der Waals surface area contributed by atoms with Gasteiger partial charge in [-0.15, -0.1) is 0 Å². The molecule has 23 heavy (non-hydrogen) atoms. The zero-order chi connectivity index (χ0) is 16.1. The summed E-state index contributed by atoms with van der Waals surface area (Å²) in [7, 11) is 0. The summed E-state index contributed by atoms with van der Waals surface area (Å²) < 4.78 is 1.63. The van der Waals surface area contributed by atoms with Gasteiger partial charge < -0.3 is 5.32 Å². The molecule has 6 heteroatoms. The first-order valence-electron chi connectivity index (χ1n) is 7.37. The number of rotatable bonds is 5. The van der Waals surface area contributed by atoms with E-state index in [0.29, 0.717) is 6.54 Å². The molecule has 1 N–H and O–H groups in total. The maximum atomic E-state index is 12.3. The molecule has 0 saturated carbocycles. The van der Waals surface area contributed by atoms with Crippen LogP contribution in [0.15, 0.2) is 61.3 Å². The molecule has 3 aromatic heterocycles. The van der Waals surface area contributed by atoms with Crippen LogP contribution in [0.25, 0.3) is 11.3 Å². The molecule has 1 amide bonds. The van der Waals surface area contributed by atoms with Gasteiger partial charge in [0, 0.05) is 43.1 Å². The second kappa shape index (κ2) is 6.83. The predicted molar refractivity (Wildman–Crippen MR) is 86.3 cm³/mol. The highest BCUT2D eigenvalue weighted by atomic mass is 16.2. The number of hydrogen-bond donors (Lipinski definition) is 1. The third-order valence-electron chi connectivity index (χ3n) is 3.58. The molecule has 1 atom stereocenters. The van der Waals surface area contributed by atoms with Gasteiger partial charge in [-0.05, 0) is 36.8 Å². The number of aromatic nitrogens is 4. The molecule has 0 fully saturated rings. The fourth-order valence-corrected chi connectivity index (χ4v) is 2.30. The fourth-order valence-electron chi connectivity index (χ4n) is 2.30. The molecule has 0 saturated heterocycles. The van der Waals surface area contributed by atoms with Gasteiger partial charge >= 0.3 is 0 Å². The van der Waals surface area contributed by atoms with Crippen molar-refractivity contribution in [1.29, 1.82) is 0 Å². The minimum absolute atomic E-state index is 0.0883. The highest BCUT2D eigenvalue weighted by Crippen LogP contribution is 2.19. The molecule has 3 aromatic rings. The van der Waals surface area contributed by atoms with Crippen molar-refractivity contribution in [2.45, 2.75) is 19.5 Å². The average molecular weight is 307 g/mol. The SMILES string of the molecule is CC(C(=O)NCc1cccnc1-c1cccnc1)n1cccn1. The molecule has 0 aliphatic heterocycles. The second-order valence-corrected chi connectivity index (χ2v) is 5.13. The van der Waals surface area contributed by atoms with Crippen molar-refractivity contribution in [3.8, 4) is 11.3 Å². The topological polar surface area (TPSA) is 72.7 Å². The Kier molecular flexibility index (Phi) is 4.42. The zero-order valence-corrected chi connectivity index (χ0v) is 12.8. The van der Waals surface area contributed by atoms with Crippen LogP contribution in [0, 0.1) is 0 Å². The van der Waals surface area contributed by atoms with E-state index in [4.69, 9.17) is 0 Å². The average Bonchev–Trinajstić information content (AvgIpc) is 3.14. The van der Waals surface area contributed by atoms with Gasteiger partial charge in [0.05, 0.1) is 5.69 Å². The summed E-state index contributed by atoms with van der Waals surface area (Å²) in [5, 5.41) is 7.03. The van der Waals surface area contributed by atoms with Gasteiger partial charge in [-0.1, -0.05) is 6.07 Å². The molecule has 116 valence electrons. The van der Waals surface area contributed by atoms with Gasteiger partial charge in [0.1, 0.15) is 6.04 Å². The Labute approximate surface area is 134 Å². The highest BCUT2D eigenvalue weighted by molar-refractivity contribution is 5.80. The number of carbonyl (C=O) groups is 1. The van der Waals surface area contributed by atoms with Crippen molar-refractivity contribution in [2.24, 2.45) is 0 Å². The number of nitrogens with one attached hydrogen (secondary N) is 1. The van der Waals surface area contributed by atoms with Crippen molar-refractivity contribution in [2.75, 3.05) is 0 Å². The quantitative estimate of drug-likeness (QED) is 0.784. The van der Waals surface area contributed by atoms with Crippen LogP contribution in [0.3, 0.4) is 0 Å². The molecule has 0 aromatic carbocycles. The molecule has 6 nitrogen and oxygen atoms in total. The Morgan fingerprint density at radius 1 is 1.22 bits per heavy atom. The van der Waals surface area contributed by atoms with E-state index in [2.05, 4.69) is 20.4 Å². The zero-order valence-electron chi connectivity index (χ0n) is 12.8. The van der Waals surface area contributed by atoms with E-state index in [1.54, 1.807) is 41.7 Å². The highest BCUT2D eigenvalue weighted by Gasteiger charge is 2.15. The van der Waals surface area contributed by atoms with E-state index in [1.807, 2.05) is 31.2 Å². The van der Waals surface area contributed by atoms with E-state index in [-0.39, 0.29) is 11.9 Å².